The van der Waals surface area contributed by atoms with Crippen LogP contribution in [0.4, 0.5) is 0 Å². The molecular formula is C27H54O2. The summed E-state index contributed by atoms with van der Waals surface area (Å²) in [5.41, 5.74) is 0. The average Bonchev–Trinajstić information content (AvgIpc) is 2.69. The Kier molecular flexibility index (Phi) is 23.3. The lowest BCUT2D eigenvalue weighted by molar-refractivity contribution is -0.143. The van der Waals surface area contributed by atoms with E-state index >= 15 is 0 Å². The van der Waals surface area contributed by atoms with Crippen molar-refractivity contribution >= 4 is 5.97 Å². The van der Waals surface area contributed by atoms with Gasteiger partial charge < -0.3 is 4.74 Å². The Bertz CT molecular complexity index is 324. The van der Waals surface area contributed by atoms with E-state index in [4.69, 9.17) is 4.74 Å². The van der Waals surface area contributed by atoms with Crippen LogP contribution in [0.25, 0.3) is 0 Å². The number of hydrogen-bond donors (Lipinski definition) is 0. The van der Waals surface area contributed by atoms with Crippen molar-refractivity contribution in [2.45, 2.75) is 156 Å². The summed E-state index contributed by atoms with van der Waals surface area (Å²) < 4.78 is 5.35. The summed E-state index contributed by atoms with van der Waals surface area (Å²) in [6.45, 7) is 7.43. The second-order valence-corrected chi connectivity index (χ2v) is 9.52. The first-order chi connectivity index (χ1) is 14.2. The van der Waals surface area contributed by atoms with Gasteiger partial charge in [-0.15, -0.1) is 0 Å². The Hall–Kier alpha value is -0.530. The third-order valence-corrected chi connectivity index (χ3v) is 5.92. The summed E-state index contributed by atoms with van der Waals surface area (Å²) in [6.07, 6.45) is 27.3. The first kappa shape index (κ1) is 28.5. The van der Waals surface area contributed by atoms with Crippen molar-refractivity contribution in [2.75, 3.05) is 6.61 Å². The topological polar surface area (TPSA) is 26.3 Å². The molecule has 174 valence electrons. The van der Waals surface area contributed by atoms with Crippen LogP contribution in [0.1, 0.15) is 156 Å². The fourth-order valence-corrected chi connectivity index (χ4v) is 3.91. The molecule has 0 saturated carbocycles. The highest BCUT2D eigenvalue weighted by atomic mass is 16.5. The molecule has 0 N–H and O–H groups in total. The van der Waals surface area contributed by atoms with E-state index in [0.717, 1.165) is 25.2 Å². The minimum absolute atomic E-state index is 0.00973. The quantitative estimate of drug-likeness (QED) is 0.124. The molecule has 0 saturated heterocycles. The minimum Gasteiger partial charge on any atom is -0.466 e. The Morgan fingerprint density at radius 1 is 0.586 bits per heavy atom. The van der Waals surface area contributed by atoms with Gasteiger partial charge in [0, 0.05) is 6.42 Å². The summed E-state index contributed by atoms with van der Waals surface area (Å²) in [4.78, 5) is 11.7. The zero-order valence-corrected chi connectivity index (χ0v) is 20.5. The number of ether oxygens (including phenoxy) is 1. The van der Waals surface area contributed by atoms with E-state index in [1.165, 1.54) is 109 Å². The first-order valence-electron chi connectivity index (χ1n) is 13.3. The van der Waals surface area contributed by atoms with Crippen molar-refractivity contribution in [3.63, 3.8) is 0 Å². The molecule has 0 heterocycles. The molecule has 0 amide bonds. The lowest BCUT2D eigenvalue weighted by Crippen LogP contribution is -2.05. The maximum Gasteiger partial charge on any atom is 0.305 e. The number of carbonyl (C=O) groups is 1. The average molecular weight is 411 g/mol. The summed E-state index contributed by atoms with van der Waals surface area (Å²) in [7, 11) is 0. The number of unbranched alkanes of at least 4 members (excludes halogenated alkanes) is 17. The molecule has 2 nitrogen and oxygen atoms in total. The normalized spacial score (nSPS) is 11.3. The van der Waals surface area contributed by atoms with E-state index in [-0.39, 0.29) is 5.97 Å². The highest BCUT2D eigenvalue weighted by molar-refractivity contribution is 5.69. The molecule has 0 spiro atoms. The van der Waals surface area contributed by atoms with Crippen molar-refractivity contribution in [1.29, 1.82) is 0 Å². The predicted molar refractivity (Wildman–Crippen MR) is 128 cm³/mol. The zero-order chi connectivity index (χ0) is 21.4. The van der Waals surface area contributed by atoms with Crippen molar-refractivity contribution < 1.29 is 9.53 Å². The molecule has 0 aliphatic rings. The Balaban J connectivity index is 3.12. The predicted octanol–water partition coefficient (Wildman–Crippen LogP) is 9.40. The molecule has 0 unspecified atom stereocenters. The van der Waals surface area contributed by atoms with E-state index in [2.05, 4.69) is 20.8 Å². The summed E-state index contributed by atoms with van der Waals surface area (Å²) in [6, 6.07) is 0. The molecule has 0 fully saturated rings. The van der Waals surface area contributed by atoms with Gasteiger partial charge in [-0.1, -0.05) is 136 Å². The Morgan fingerprint density at radius 3 is 1.45 bits per heavy atom. The highest BCUT2D eigenvalue weighted by Crippen LogP contribution is 2.14. The standard InChI is InChI=1S/C27H54O2/c1-4-5-6-7-8-9-10-11-12-13-14-15-16-17-18-22-25-29-27(28)24-21-19-20-23-26(2)3/h26H,4-25H2,1-3H3. The van der Waals surface area contributed by atoms with Crippen molar-refractivity contribution in [3.8, 4) is 0 Å². The number of rotatable bonds is 23. The van der Waals surface area contributed by atoms with Crippen LogP contribution < -0.4 is 0 Å². The van der Waals surface area contributed by atoms with Gasteiger partial charge in [0.1, 0.15) is 0 Å². The van der Waals surface area contributed by atoms with Crippen molar-refractivity contribution in [3.05, 3.63) is 0 Å². The van der Waals surface area contributed by atoms with Crippen LogP contribution in [0.5, 0.6) is 0 Å². The molecule has 0 aromatic carbocycles. The van der Waals surface area contributed by atoms with Crippen LogP contribution in [-0.2, 0) is 9.53 Å². The lowest BCUT2D eigenvalue weighted by atomic mass is 10.0. The highest BCUT2D eigenvalue weighted by Gasteiger charge is 2.03. The fourth-order valence-electron chi connectivity index (χ4n) is 3.91. The maximum absolute atomic E-state index is 11.7. The Morgan fingerprint density at radius 2 is 1.00 bits per heavy atom. The number of hydrogen-bond acceptors (Lipinski definition) is 2. The van der Waals surface area contributed by atoms with Gasteiger partial charge in [-0.25, -0.2) is 0 Å². The molecule has 0 aliphatic heterocycles. The molecule has 0 radical (unpaired) electrons. The van der Waals surface area contributed by atoms with Gasteiger partial charge in [0.2, 0.25) is 0 Å². The van der Waals surface area contributed by atoms with Crippen molar-refractivity contribution in [2.24, 2.45) is 5.92 Å². The van der Waals surface area contributed by atoms with Gasteiger partial charge in [-0.05, 0) is 18.8 Å². The van der Waals surface area contributed by atoms with E-state index in [1.807, 2.05) is 0 Å². The molecule has 0 aromatic rings. The van der Waals surface area contributed by atoms with Crippen LogP contribution in [0, 0.1) is 5.92 Å². The number of carbonyl (C=O) groups excluding carboxylic acids is 1. The SMILES string of the molecule is CCCCCCCCCCCCCCCCCCOC(=O)CCCCCC(C)C. The second-order valence-electron chi connectivity index (χ2n) is 9.52. The first-order valence-corrected chi connectivity index (χ1v) is 13.3. The van der Waals surface area contributed by atoms with E-state index in [9.17, 15) is 4.79 Å². The van der Waals surface area contributed by atoms with E-state index in [1.54, 1.807) is 0 Å². The zero-order valence-electron chi connectivity index (χ0n) is 20.5. The molecule has 0 atom stereocenters. The molecule has 29 heavy (non-hydrogen) atoms. The maximum atomic E-state index is 11.7. The van der Waals surface area contributed by atoms with Crippen molar-refractivity contribution in [1.82, 2.24) is 0 Å². The third-order valence-electron chi connectivity index (χ3n) is 5.92. The Labute approximate surface area is 184 Å². The van der Waals surface area contributed by atoms with Gasteiger partial charge >= 0.3 is 5.97 Å². The monoisotopic (exact) mass is 410 g/mol. The van der Waals surface area contributed by atoms with Gasteiger partial charge in [-0.2, -0.15) is 0 Å². The summed E-state index contributed by atoms with van der Waals surface area (Å²) in [5.74, 6) is 0.785. The molecule has 2 heteroatoms. The molecule has 0 bridgehead atoms. The van der Waals surface area contributed by atoms with Gasteiger partial charge in [0.05, 0.1) is 6.61 Å². The van der Waals surface area contributed by atoms with Gasteiger partial charge in [0.15, 0.2) is 0 Å². The van der Waals surface area contributed by atoms with Gasteiger partial charge in [-0.3, -0.25) is 4.79 Å². The largest absolute Gasteiger partial charge is 0.466 e. The number of esters is 1. The lowest BCUT2D eigenvalue weighted by Gasteiger charge is -2.06. The molecule has 0 rings (SSSR count). The minimum atomic E-state index is 0.00973. The summed E-state index contributed by atoms with van der Waals surface area (Å²) >= 11 is 0. The van der Waals surface area contributed by atoms with Crippen LogP contribution >= 0.6 is 0 Å². The molecule has 0 aromatic heterocycles. The van der Waals surface area contributed by atoms with Crippen LogP contribution in [-0.4, -0.2) is 12.6 Å². The van der Waals surface area contributed by atoms with Crippen LogP contribution in [0.15, 0.2) is 0 Å². The van der Waals surface area contributed by atoms with E-state index < -0.39 is 0 Å². The third kappa shape index (κ3) is 25.4. The fraction of sp³-hybridized carbons (Fsp3) is 0.963. The molecular weight excluding hydrogens is 356 g/mol. The van der Waals surface area contributed by atoms with E-state index in [0.29, 0.717) is 13.0 Å². The smallest absolute Gasteiger partial charge is 0.305 e. The van der Waals surface area contributed by atoms with Crippen LogP contribution in [0.2, 0.25) is 0 Å². The van der Waals surface area contributed by atoms with Gasteiger partial charge in [0.25, 0.3) is 0 Å². The second kappa shape index (κ2) is 23.7. The molecule has 0 aliphatic carbocycles. The van der Waals surface area contributed by atoms with Crippen LogP contribution in [0.3, 0.4) is 0 Å². The summed E-state index contributed by atoms with van der Waals surface area (Å²) in [5, 5.41) is 0.